The zero-order valence-electron chi connectivity index (χ0n) is 11.4. The summed E-state index contributed by atoms with van der Waals surface area (Å²) < 4.78 is 6.10. The Hall–Kier alpha value is -1.86. The van der Waals surface area contributed by atoms with Gasteiger partial charge >= 0.3 is 0 Å². The van der Waals surface area contributed by atoms with E-state index in [9.17, 15) is 9.59 Å². The summed E-state index contributed by atoms with van der Waals surface area (Å²) in [7, 11) is 1.50. The first-order valence-electron chi connectivity index (χ1n) is 6.02. The first-order chi connectivity index (χ1) is 9.99. The first-order valence-corrected chi connectivity index (χ1v) is 7.63. The van der Waals surface area contributed by atoms with Crippen LogP contribution in [0, 0.1) is 0 Å². The van der Waals surface area contributed by atoms with Crippen molar-refractivity contribution in [1.29, 1.82) is 0 Å². The van der Waals surface area contributed by atoms with Gasteiger partial charge in [0.1, 0.15) is 5.75 Å². The van der Waals surface area contributed by atoms with Gasteiger partial charge in [-0.25, -0.2) is 0 Å². The Bertz CT molecular complexity index is 685. The van der Waals surface area contributed by atoms with E-state index in [0.717, 1.165) is 3.79 Å². The van der Waals surface area contributed by atoms with Crippen LogP contribution in [0.25, 0.3) is 0 Å². The highest BCUT2D eigenvalue weighted by molar-refractivity contribution is 9.11. The summed E-state index contributed by atoms with van der Waals surface area (Å²) in [6, 6.07) is 8.60. The number of thiophene rings is 1. The van der Waals surface area contributed by atoms with E-state index in [4.69, 9.17) is 4.74 Å². The second-order valence-electron chi connectivity index (χ2n) is 4.15. The minimum atomic E-state index is -0.194. The first kappa shape index (κ1) is 15.5. The summed E-state index contributed by atoms with van der Waals surface area (Å²) in [5.41, 5.74) is 1.15. The normalized spacial score (nSPS) is 10.0. The Balaban J connectivity index is 2.17. The van der Waals surface area contributed by atoms with E-state index in [0.29, 0.717) is 22.0 Å². The number of anilines is 2. The van der Waals surface area contributed by atoms with Gasteiger partial charge in [0.15, 0.2) is 0 Å². The summed E-state index contributed by atoms with van der Waals surface area (Å²) in [5.74, 6) is 0.101. The molecule has 0 saturated heterocycles. The molecule has 0 spiro atoms. The van der Waals surface area contributed by atoms with Crippen LogP contribution in [0.5, 0.6) is 5.75 Å². The van der Waals surface area contributed by atoms with Crippen LogP contribution >= 0.6 is 27.3 Å². The molecule has 0 bridgehead atoms. The standard InChI is InChI=1S/C14H13BrN2O3S/c1-8(18)16-10-4-3-9(7-11(10)20-2)17-14(19)12-5-6-13(15)21-12/h3-7H,1-2H3,(H,16,18)(H,17,19). The number of carbonyl (C=O) groups excluding carboxylic acids is 2. The smallest absolute Gasteiger partial charge is 0.265 e. The molecule has 1 aromatic carbocycles. The van der Waals surface area contributed by atoms with Crippen LogP contribution in [-0.4, -0.2) is 18.9 Å². The number of halogens is 1. The van der Waals surface area contributed by atoms with Crippen LogP contribution in [0.1, 0.15) is 16.6 Å². The van der Waals surface area contributed by atoms with E-state index >= 15 is 0 Å². The zero-order valence-corrected chi connectivity index (χ0v) is 13.8. The predicted molar refractivity (Wildman–Crippen MR) is 87.3 cm³/mol. The Morgan fingerprint density at radius 3 is 2.52 bits per heavy atom. The Kier molecular flexibility index (Phi) is 4.98. The van der Waals surface area contributed by atoms with Crippen molar-refractivity contribution in [3.63, 3.8) is 0 Å². The van der Waals surface area contributed by atoms with Gasteiger partial charge in [0, 0.05) is 18.7 Å². The maximum absolute atomic E-state index is 12.1. The molecule has 1 heterocycles. The van der Waals surface area contributed by atoms with E-state index in [-0.39, 0.29) is 11.8 Å². The number of benzene rings is 1. The monoisotopic (exact) mass is 368 g/mol. The minimum Gasteiger partial charge on any atom is -0.494 e. The molecule has 2 N–H and O–H groups in total. The third-order valence-electron chi connectivity index (χ3n) is 2.57. The fourth-order valence-electron chi connectivity index (χ4n) is 1.69. The van der Waals surface area contributed by atoms with Crippen molar-refractivity contribution in [3.05, 3.63) is 39.0 Å². The van der Waals surface area contributed by atoms with Gasteiger partial charge in [0.05, 0.1) is 21.5 Å². The molecular weight excluding hydrogens is 356 g/mol. The van der Waals surface area contributed by atoms with Crippen LogP contribution < -0.4 is 15.4 Å². The van der Waals surface area contributed by atoms with Crippen molar-refractivity contribution >= 4 is 50.5 Å². The highest BCUT2D eigenvalue weighted by Crippen LogP contribution is 2.29. The Morgan fingerprint density at radius 1 is 1.19 bits per heavy atom. The number of nitrogens with one attached hydrogen (secondary N) is 2. The lowest BCUT2D eigenvalue weighted by atomic mass is 10.2. The summed E-state index contributed by atoms with van der Waals surface area (Å²) in [6.45, 7) is 1.42. The molecule has 2 rings (SSSR count). The third-order valence-corrected chi connectivity index (χ3v) is 4.19. The van der Waals surface area contributed by atoms with Gasteiger partial charge in [-0.3, -0.25) is 9.59 Å². The highest BCUT2D eigenvalue weighted by Gasteiger charge is 2.11. The molecule has 7 heteroatoms. The van der Waals surface area contributed by atoms with Gasteiger partial charge < -0.3 is 15.4 Å². The SMILES string of the molecule is COc1cc(NC(=O)c2ccc(Br)s2)ccc1NC(C)=O. The van der Waals surface area contributed by atoms with E-state index in [2.05, 4.69) is 26.6 Å². The van der Waals surface area contributed by atoms with Gasteiger partial charge in [0.25, 0.3) is 5.91 Å². The van der Waals surface area contributed by atoms with Crippen LogP contribution in [0.4, 0.5) is 11.4 Å². The maximum Gasteiger partial charge on any atom is 0.265 e. The minimum absolute atomic E-state index is 0.187. The van der Waals surface area contributed by atoms with E-state index in [1.165, 1.54) is 25.4 Å². The van der Waals surface area contributed by atoms with Gasteiger partial charge in [0.2, 0.25) is 5.91 Å². The van der Waals surface area contributed by atoms with Crippen LogP contribution in [0.3, 0.4) is 0 Å². The number of carbonyl (C=O) groups is 2. The van der Waals surface area contributed by atoms with Gasteiger partial charge in [-0.2, -0.15) is 0 Å². The molecule has 0 unspecified atom stereocenters. The molecular formula is C14H13BrN2O3S. The molecule has 0 atom stereocenters. The van der Waals surface area contributed by atoms with Gasteiger partial charge in [-0.15, -0.1) is 11.3 Å². The number of hydrogen-bond acceptors (Lipinski definition) is 4. The number of hydrogen-bond donors (Lipinski definition) is 2. The average Bonchev–Trinajstić information content (AvgIpc) is 2.86. The Labute approximate surface area is 134 Å². The highest BCUT2D eigenvalue weighted by atomic mass is 79.9. The molecule has 0 aliphatic rings. The summed E-state index contributed by atoms with van der Waals surface area (Å²) >= 11 is 4.67. The lowest BCUT2D eigenvalue weighted by molar-refractivity contribution is -0.114. The molecule has 0 radical (unpaired) electrons. The van der Waals surface area contributed by atoms with Crippen molar-refractivity contribution in [2.45, 2.75) is 6.92 Å². The average molecular weight is 369 g/mol. The largest absolute Gasteiger partial charge is 0.494 e. The molecule has 0 aliphatic heterocycles. The maximum atomic E-state index is 12.1. The number of rotatable bonds is 4. The summed E-state index contributed by atoms with van der Waals surface area (Å²) in [6.07, 6.45) is 0. The summed E-state index contributed by atoms with van der Waals surface area (Å²) in [4.78, 5) is 23.8. The van der Waals surface area contributed by atoms with Crippen molar-refractivity contribution in [1.82, 2.24) is 0 Å². The lowest BCUT2D eigenvalue weighted by Crippen LogP contribution is -2.11. The molecule has 110 valence electrons. The molecule has 5 nitrogen and oxygen atoms in total. The molecule has 0 aliphatic carbocycles. The summed E-state index contributed by atoms with van der Waals surface area (Å²) in [5, 5.41) is 5.44. The quantitative estimate of drug-likeness (QED) is 0.863. The molecule has 21 heavy (non-hydrogen) atoms. The van der Waals surface area contributed by atoms with Crippen LogP contribution in [-0.2, 0) is 4.79 Å². The Morgan fingerprint density at radius 2 is 1.95 bits per heavy atom. The predicted octanol–water partition coefficient (Wildman–Crippen LogP) is 3.73. The second-order valence-corrected chi connectivity index (χ2v) is 6.62. The van der Waals surface area contributed by atoms with Crippen molar-refractivity contribution < 1.29 is 14.3 Å². The fourth-order valence-corrected chi connectivity index (χ4v) is 2.97. The van der Waals surface area contributed by atoms with Crippen LogP contribution in [0.15, 0.2) is 34.1 Å². The van der Waals surface area contributed by atoms with Crippen molar-refractivity contribution in [2.75, 3.05) is 17.7 Å². The van der Waals surface area contributed by atoms with Gasteiger partial charge in [-0.1, -0.05) is 0 Å². The number of ether oxygens (including phenoxy) is 1. The topological polar surface area (TPSA) is 67.4 Å². The van der Waals surface area contributed by atoms with Crippen molar-refractivity contribution in [3.8, 4) is 5.75 Å². The van der Waals surface area contributed by atoms with E-state index < -0.39 is 0 Å². The van der Waals surface area contributed by atoms with E-state index in [1.54, 1.807) is 24.3 Å². The molecule has 0 fully saturated rings. The van der Waals surface area contributed by atoms with E-state index in [1.807, 2.05) is 6.07 Å². The third kappa shape index (κ3) is 4.05. The number of methoxy groups -OCH3 is 1. The molecule has 0 saturated carbocycles. The molecule has 2 amide bonds. The van der Waals surface area contributed by atoms with Crippen molar-refractivity contribution in [2.24, 2.45) is 0 Å². The second kappa shape index (κ2) is 6.73. The molecule has 1 aromatic heterocycles. The van der Waals surface area contributed by atoms with Gasteiger partial charge in [-0.05, 0) is 40.2 Å². The lowest BCUT2D eigenvalue weighted by Gasteiger charge is -2.11. The number of amides is 2. The fraction of sp³-hybridized carbons (Fsp3) is 0.143. The zero-order chi connectivity index (χ0) is 15.4. The molecule has 2 aromatic rings. The van der Waals surface area contributed by atoms with Crippen LogP contribution in [0.2, 0.25) is 0 Å².